The zero-order valence-electron chi connectivity index (χ0n) is 11.6. The standard InChI is InChI=1S/C16H14F3NO.ClH/c17-16(18,19)12-5-1-3-10(7-12)14-6-2-4-11-8-13(9-20)21-15(11)14;/h1-7,13H,8-9,20H2;1H. The lowest BCUT2D eigenvalue weighted by molar-refractivity contribution is -0.137. The second-order valence-electron chi connectivity index (χ2n) is 5.05. The van der Waals surface area contributed by atoms with Crippen LogP contribution in [0.2, 0.25) is 0 Å². The molecule has 0 aliphatic carbocycles. The van der Waals surface area contributed by atoms with Crippen LogP contribution in [0.3, 0.4) is 0 Å². The average Bonchev–Trinajstić information content (AvgIpc) is 2.89. The fraction of sp³-hybridized carbons (Fsp3) is 0.250. The fourth-order valence-corrected chi connectivity index (χ4v) is 2.56. The minimum absolute atomic E-state index is 0. The third kappa shape index (κ3) is 3.05. The van der Waals surface area contributed by atoms with Gasteiger partial charge in [0.25, 0.3) is 0 Å². The summed E-state index contributed by atoms with van der Waals surface area (Å²) in [5.41, 5.74) is 7.11. The lowest BCUT2D eigenvalue weighted by Gasteiger charge is -2.13. The second kappa shape index (κ2) is 6.18. The third-order valence-electron chi connectivity index (χ3n) is 3.59. The van der Waals surface area contributed by atoms with Gasteiger partial charge in [0.05, 0.1) is 5.56 Å². The monoisotopic (exact) mass is 329 g/mol. The van der Waals surface area contributed by atoms with E-state index in [0.717, 1.165) is 17.7 Å². The van der Waals surface area contributed by atoms with Crippen molar-refractivity contribution in [2.24, 2.45) is 5.73 Å². The number of ether oxygens (including phenoxy) is 1. The number of nitrogens with two attached hydrogens (primary N) is 1. The Kier molecular flexibility index (Phi) is 4.68. The highest BCUT2D eigenvalue weighted by Crippen LogP contribution is 2.40. The minimum atomic E-state index is -4.35. The number of alkyl halides is 3. The summed E-state index contributed by atoms with van der Waals surface area (Å²) in [6, 6.07) is 10.8. The molecule has 22 heavy (non-hydrogen) atoms. The molecule has 1 heterocycles. The molecule has 1 atom stereocenters. The van der Waals surface area contributed by atoms with Crippen LogP contribution in [0.25, 0.3) is 11.1 Å². The lowest BCUT2D eigenvalue weighted by Crippen LogP contribution is -2.24. The van der Waals surface area contributed by atoms with Crippen LogP contribution in [0.5, 0.6) is 5.75 Å². The zero-order valence-corrected chi connectivity index (χ0v) is 12.4. The predicted octanol–water partition coefficient (Wildman–Crippen LogP) is 4.06. The summed E-state index contributed by atoms with van der Waals surface area (Å²) in [6.45, 7) is 0.386. The van der Waals surface area contributed by atoms with E-state index >= 15 is 0 Å². The average molecular weight is 330 g/mol. The first-order chi connectivity index (χ1) is 9.99. The number of hydrogen-bond acceptors (Lipinski definition) is 2. The molecule has 2 aromatic carbocycles. The van der Waals surface area contributed by atoms with Gasteiger partial charge >= 0.3 is 6.18 Å². The molecule has 0 amide bonds. The number of halogens is 4. The predicted molar refractivity (Wildman–Crippen MR) is 81.3 cm³/mol. The summed E-state index contributed by atoms with van der Waals surface area (Å²) in [4.78, 5) is 0. The van der Waals surface area contributed by atoms with E-state index in [4.69, 9.17) is 10.5 Å². The molecular formula is C16H15ClF3NO. The molecule has 0 aromatic heterocycles. The van der Waals surface area contributed by atoms with Crippen molar-refractivity contribution in [1.29, 1.82) is 0 Å². The molecule has 6 heteroatoms. The van der Waals surface area contributed by atoms with E-state index in [9.17, 15) is 13.2 Å². The highest BCUT2D eigenvalue weighted by Gasteiger charge is 2.31. The molecule has 0 spiro atoms. The van der Waals surface area contributed by atoms with Crippen molar-refractivity contribution >= 4 is 12.4 Å². The summed E-state index contributed by atoms with van der Waals surface area (Å²) in [5, 5.41) is 0. The van der Waals surface area contributed by atoms with Crippen LogP contribution >= 0.6 is 12.4 Å². The van der Waals surface area contributed by atoms with Crippen LogP contribution in [0.1, 0.15) is 11.1 Å². The zero-order chi connectivity index (χ0) is 15.0. The number of para-hydroxylation sites is 1. The summed E-state index contributed by atoms with van der Waals surface area (Å²) < 4.78 is 44.2. The van der Waals surface area contributed by atoms with Gasteiger partial charge in [-0.1, -0.05) is 30.3 Å². The maximum absolute atomic E-state index is 12.8. The largest absolute Gasteiger partial charge is 0.488 e. The first-order valence-corrected chi connectivity index (χ1v) is 6.65. The normalized spacial score (nSPS) is 16.6. The van der Waals surface area contributed by atoms with Gasteiger partial charge in [-0.05, 0) is 23.3 Å². The van der Waals surface area contributed by atoms with Crippen molar-refractivity contribution in [1.82, 2.24) is 0 Å². The van der Waals surface area contributed by atoms with Gasteiger partial charge in [-0.15, -0.1) is 12.4 Å². The van der Waals surface area contributed by atoms with E-state index in [1.807, 2.05) is 12.1 Å². The molecule has 1 aliphatic rings. The van der Waals surface area contributed by atoms with E-state index in [-0.39, 0.29) is 18.5 Å². The van der Waals surface area contributed by atoms with Crippen molar-refractivity contribution < 1.29 is 17.9 Å². The molecule has 1 aliphatic heterocycles. The molecule has 1 unspecified atom stereocenters. The quantitative estimate of drug-likeness (QED) is 0.902. The number of fused-ring (bicyclic) bond motifs is 1. The third-order valence-corrected chi connectivity index (χ3v) is 3.59. The van der Waals surface area contributed by atoms with E-state index in [1.54, 1.807) is 12.1 Å². The van der Waals surface area contributed by atoms with E-state index in [1.165, 1.54) is 6.07 Å². The lowest BCUT2D eigenvalue weighted by atomic mass is 9.99. The first kappa shape index (κ1) is 16.6. The number of benzene rings is 2. The maximum Gasteiger partial charge on any atom is 0.416 e. The van der Waals surface area contributed by atoms with E-state index in [0.29, 0.717) is 29.8 Å². The molecule has 2 N–H and O–H groups in total. The van der Waals surface area contributed by atoms with Gasteiger partial charge in [0.15, 0.2) is 0 Å². The van der Waals surface area contributed by atoms with Gasteiger partial charge < -0.3 is 10.5 Å². The van der Waals surface area contributed by atoms with Crippen molar-refractivity contribution in [3.8, 4) is 16.9 Å². The first-order valence-electron chi connectivity index (χ1n) is 6.65. The highest BCUT2D eigenvalue weighted by atomic mass is 35.5. The molecule has 118 valence electrons. The number of rotatable bonds is 2. The van der Waals surface area contributed by atoms with Gasteiger partial charge in [0.2, 0.25) is 0 Å². The molecule has 3 rings (SSSR count). The van der Waals surface area contributed by atoms with Gasteiger partial charge in [0, 0.05) is 18.5 Å². The van der Waals surface area contributed by atoms with Crippen molar-refractivity contribution in [2.45, 2.75) is 18.7 Å². The topological polar surface area (TPSA) is 35.2 Å². The van der Waals surface area contributed by atoms with Crippen LogP contribution in [0, 0.1) is 0 Å². The van der Waals surface area contributed by atoms with Crippen LogP contribution in [-0.2, 0) is 12.6 Å². The van der Waals surface area contributed by atoms with Gasteiger partial charge in [-0.3, -0.25) is 0 Å². The Bertz CT molecular complexity index is 673. The van der Waals surface area contributed by atoms with Crippen LogP contribution < -0.4 is 10.5 Å². The Hall–Kier alpha value is -1.72. The molecule has 0 saturated heterocycles. The van der Waals surface area contributed by atoms with Crippen molar-refractivity contribution in [3.63, 3.8) is 0 Å². The van der Waals surface area contributed by atoms with Gasteiger partial charge in [0.1, 0.15) is 11.9 Å². The van der Waals surface area contributed by atoms with Crippen LogP contribution in [0.15, 0.2) is 42.5 Å². The second-order valence-corrected chi connectivity index (χ2v) is 5.05. The Morgan fingerprint density at radius 1 is 1.14 bits per heavy atom. The molecule has 2 aromatic rings. The molecule has 0 fully saturated rings. The fourth-order valence-electron chi connectivity index (χ4n) is 2.56. The van der Waals surface area contributed by atoms with Crippen LogP contribution in [-0.4, -0.2) is 12.6 Å². The summed E-state index contributed by atoms with van der Waals surface area (Å²) in [6.07, 6.45) is -3.76. The van der Waals surface area contributed by atoms with Gasteiger partial charge in [-0.25, -0.2) is 0 Å². The summed E-state index contributed by atoms with van der Waals surface area (Å²) >= 11 is 0. The maximum atomic E-state index is 12.8. The minimum Gasteiger partial charge on any atom is -0.488 e. The molecule has 0 radical (unpaired) electrons. The Morgan fingerprint density at radius 3 is 2.55 bits per heavy atom. The summed E-state index contributed by atoms with van der Waals surface area (Å²) in [7, 11) is 0. The van der Waals surface area contributed by atoms with Gasteiger partial charge in [-0.2, -0.15) is 13.2 Å². The highest BCUT2D eigenvalue weighted by molar-refractivity contribution is 5.85. The van der Waals surface area contributed by atoms with Crippen molar-refractivity contribution in [2.75, 3.05) is 6.54 Å². The van der Waals surface area contributed by atoms with Crippen LogP contribution in [0.4, 0.5) is 13.2 Å². The Balaban J connectivity index is 0.00000176. The SMILES string of the molecule is Cl.NCC1Cc2cccc(-c3cccc(C(F)(F)F)c3)c2O1. The Labute approximate surface area is 132 Å². The molecule has 2 nitrogen and oxygen atoms in total. The smallest absolute Gasteiger partial charge is 0.416 e. The molecule has 0 bridgehead atoms. The van der Waals surface area contributed by atoms with Crippen molar-refractivity contribution in [3.05, 3.63) is 53.6 Å². The molecular weight excluding hydrogens is 315 g/mol. The Morgan fingerprint density at radius 2 is 1.86 bits per heavy atom. The summed E-state index contributed by atoms with van der Waals surface area (Å²) in [5.74, 6) is 0.646. The van der Waals surface area contributed by atoms with E-state index < -0.39 is 11.7 Å². The van der Waals surface area contributed by atoms with E-state index in [2.05, 4.69) is 0 Å². The number of hydrogen-bond donors (Lipinski definition) is 1. The molecule has 0 saturated carbocycles.